The quantitative estimate of drug-likeness (QED) is 0.181. The Kier molecular flexibility index (Phi) is 10.4. The molecule has 0 spiro atoms. The Morgan fingerprint density at radius 2 is 1.74 bits per heavy atom. The highest BCUT2D eigenvalue weighted by Crippen LogP contribution is 2.23. The highest BCUT2D eigenvalue weighted by Gasteiger charge is 2.33. The maximum Gasteiger partial charge on any atom is 0.329 e. The van der Waals surface area contributed by atoms with Crippen molar-refractivity contribution in [2.75, 3.05) is 0 Å². The van der Waals surface area contributed by atoms with Gasteiger partial charge in [-0.05, 0) is 43.2 Å². The number of esters is 1. The van der Waals surface area contributed by atoms with Crippen LogP contribution in [0.5, 0.6) is 0 Å². The summed E-state index contributed by atoms with van der Waals surface area (Å²) in [4.78, 5) is 66.3. The Balaban J connectivity index is 1.77. The fourth-order valence-electron chi connectivity index (χ4n) is 4.35. The summed E-state index contributed by atoms with van der Waals surface area (Å²) in [5.41, 5.74) is 1.68. The van der Waals surface area contributed by atoms with Crippen LogP contribution in [-0.2, 0) is 35.1 Å². The summed E-state index contributed by atoms with van der Waals surface area (Å²) < 4.78 is 5.49. The molecule has 0 aliphatic heterocycles. The number of carbonyl (C=O) groups excluding carboxylic acids is 5. The number of rotatable bonds is 14. The molecule has 3 amide bonds. The molecule has 1 fully saturated rings. The van der Waals surface area contributed by atoms with Crippen LogP contribution in [0, 0.1) is 11.3 Å². The zero-order valence-electron chi connectivity index (χ0n) is 22.5. The minimum absolute atomic E-state index is 0.0891. The van der Waals surface area contributed by atoms with E-state index in [0.717, 1.165) is 35.7 Å². The Bertz CT molecular complexity index is 1220. The Hall–Kier alpha value is -4.02. The van der Waals surface area contributed by atoms with Gasteiger partial charge in [-0.15, -0.1) is 0 Å². The molecular weight excluding hydrogens is 502 g/mol. The fourth-order valence-corrected chi connectivity index (χ4v) is 4.35. The molecule has 3 atom stereocenters. The van der Waals surface area contributed by atoms with Gasteiger partial charge in [0.2, 0.25) is 17.7 Å². The smallest absolute Gasteiger partial charge is 0.329 e. The topological polar surface area (TPSA) is 170 Å². The van der Waals surface area contributed by atoms with Crippen LogP contribution < -0.4 is 16.0 Å². The zero-order valence-corrected chi connectivity index (χ0v) is 22.5. The van der Waals surface area contributed by atoms with Gasteiger partial charge in [-0.2, -0.15) is 0 Å². The number of aromatic nitrogens is 1. The molecule has 210 valence electrons. The van der Waals surface area contributed by atoms with Gasteiger partial charge in [0.25, 0.3) is 0 Å². The number of carbonyl (C=O) groups is 5. The highest BCUT2D eigenvalue weighted by molar-refractivity contribution is 6.26. The second kappa shape index (κ2) is 13.7. The Labute approximate surface area is 227 Å². The molecule has 1 saturated carbocycles. The number of amides is 3. The number of ketones is 1. The van der Waals surface area contributed by atoms with Gasteiger partial charge in [0, 0.05) is 36.9 Å². The molecule has 11 nitrogen and oxygen atoms in total. The molecule has 5 N–H and O–H groups in total. The van der Waals surface area contributed by atoms with Crippen molar-refractivity contribution >= 4 is 46.6 Å². The number of hydrogen-bond acceptors (Lipinski definition) is 7. The lowest BCUT2D eigenvalue weighted by atomic mass is 9.95. The first-order valence-corrected chi connectivity index (χ1v) is 13.3. The average molecular weight is 540 g/mol. The normalized spacial score (nSPS) is 15.5. The maximum atomic E-state index is 13.4. The predicted molar refractivity (Wildman–Crippen MR) is 145 cm³/mol. The molecule has 1 aromatic carbocycles. The third-order valence-electron chi connectivity index (χ3n) is 6.82. The van der Waals surface area contributed by atoms with Crippen LogP contribution in [0.15, 0.2) is 30.5 Å². The van der Waals surface area contributed by atoms with Crippen molar-refractivity contribution in [1.82, 2.24) is 20.9 Å². The van der Waals surface area contributed by atoms with Crippen molar-refractivity contribution in [1.29, 1.82) is 5.41 Å². The molecule has 39 heavy (non-hydrogen) atoms. The average Bonchev–Trinajstić information content (AvgIpc) is 3.28. The summed E-state index contributed by atoms with van der Waals surface area (Å²) >= 11 is 0. The van der Waals surface area contributed by atoms with Gasteiger partial charge in [-0.25, -0.2) is 4.79 Å². The summed E-state index contributed by atoms with van der Waals surface area (Å²) in [7, 11) is 0. The number of H-pyrrole nitrogens is 1. The summed E-state index contributed by atoms with van der Waals surface area (Å²) in [6, 6.07) is 4.43. The molecule has 0 radical (unpaired) electrons. The molecule has 1 heterocycles. The van der Waals surface area contributed by atoms with E-state index < -0.39 is 47.6 Å². The number of Topliss-reactive ketones (excluding diaryl/α,β-unsaturated/α-hetero) is 1. The summed E-state index contributed by atoms with van der Waals surface area (Å²) in [5.74, 6) is -3.03. The molecule has 2 aromatic rings. The van der Waals surface area contributed by atoms with E-state index in [1.165, 1.54) is 6.92 Å². The van der Waals surface area contributed by atoms with E-state index in [-0.39, 0.29) is 31.3 Å². The third kappa shape index (κ3) is 8.23. The van der Waals surface area contributed by atoms with Gasteiger partial charge in [0.05, 0.1) is 6.21 Å². The second-order valence-corrected chi connectivity index (χ2v) is 10.2. The lowest BCUT2D eigenvalue weighted by Gasteiger charge is -2.30. The standard InChI is InChI=1S/C28H37N5O6/c1-16(2)25(28(38)39-20-7-6-8-20)33-26(36)23(12-11-19(35)14-29)32-27(37)24(31-17(3)34)13-18-15-30-22-10-5-4-9-21(18)22/h4-5,9-10,14-16,20,23-25,29-30H,6-8,11-13H2,1-3H3,(H,31,34)(H,32,37)(H,33,36)/t23-,24-,25-/m0/s1. The van der Waals surface area contributed by atoms with Gasteiger partial charge in [0.1, 0.15) is 24.2 Å². The fraction of sp³-hybridized carbons (Fsp3) is 0.500. The molecule has 0 unspecified atom stereocenters. The van der Waals surface area contributed by atoms with Crippen molar-refractivity contribution in [3.05, 3.63) is 36.0 Å². The molecule has 1 aliphatic carbocycles. The predicted octanol–water partition coefficient (Wildman–Crippen LogP) is 1.94. The van der Waals surface area contributed by atoms with E-state index in [2.05, 4.69) is 20.9 Å². The van der Waals surface area contributed by atoms with Crippen LogP contribution in [-0.4, -0.2) is 64.9 Å². The number of benzene rings is 1. The van der Waals surface area contributed by atoms with Crippen molar-refractivity contribution in [3.8, 4) is 0 Å². The number of ether oxygens (including phenoxy) is 1. The Morgan fingerprint density at radius 1 is 1.05 bits per heavy atom. The van der Waals surface area contributed by atoms with E-state index >= 15 is 0 Å². The molecule has 0 saturated heterocycles. The summed E-state index contributed by atoms with van der Waals surface area (Å²) in [5, 5.41) is 16.0. The lowest BCUT2D eigenvalue weighted by molar-refractivity contribution is -0.158. The van der Waals surface area contributed by atoms with Gasteiger partial charge < -0.3 is 31.1 Å². The summed E-state index contributed by atoms with van der Waals surface area (Å²) in [6.07, 6.45) is 4.74. The highest BCUT2D eigenvalue weighted by atomic mass is 16.5. The number of nitrogens with one attached hydrogen (secondary N) is 5. The Morgan fingerprint density at radius 3 is 2.36 bits per heavy atom. The van der Waals surface area contributed by atoms with Crippen LogP contribution in [0.4, 0.5) is 0 Å². The van der Waals surface area contributed by atoms with E-state index in [1.807, 2.05) is 24.3 Å². The minimum Gasteiger partial charge on any atom is -0.461 e. The van der Waals surface area contributed by atoms with Crippen LogP contribution in [0.2, 0.25) is 0 Å². The largest absolute Gasteiger partial charge is 0.461 e. The van der Waals surface area contributed by atoms with Gasteiger partial charge in [-0.1, -0.05) is 32.0 Å². The number of hydrogen-bond donors (Lipinski definition) is 5. The molecule has 1 aliphatic rings. The monoisotopic (exact) mass is 539 g/mol. The lowest BCUT2D eigenvalue weighted by Crippen LogP contribution is -2.57. The first-order valence-electron chi connectivity index (χ1n) is 13.3. The molecule has 1 aromatic heterocycles. The number of fused-ring (bicyclic) bond motifs is 1. The van der Waals surface area contributed by atoms with Crippen molar-refractivity contribution < 1.29 is 28.7 Å². The van der Waals surface area contributed by atoms with Gasteiger partial charge >= 0.3 is 5.97 Å². The zero-order chi connectivity index (χ0) is 28.5. The number of aromatic amines is 1. The van der Waals surface area contributed by atoms with E-state index in [4.69, 9.17) is 10.1 Å². The van der Waals surface area contributed by atoms with Gasteiger partial charge in [-0.3, -0.25) is 19.2 Å². The molecule has 3 rings (SSSR count). The van der Waals surface area contributed by atoms with Gasteiger partial charge in [0.15, 0.2) is 5.78 Å². The van der Waals surface area contributed by atoms with E-state index in [1.54, 1.807) is 20.0 Å². The van der Waals surface area contributed by atoms with Crippen LogP contribution in [0.25, 0.3) is 10.9 Å². The SMILES string of the molecule is CC(=O)N[C@@H](Cc1c[nH]c2ccccc12)C(=O)N[C@@H](CCC(=O)C=N)C(=O)N[C@H](C(=O)OC1CCC1)C(C)C. The van der Waals surface area contributed by atoms with E-state index in [9.17, 15) is 24.0 Å². The minimum atomic E-state index is -1.18. The third-order valence-corrected chi connectivity index (χ3v) is 6.82. The molecule has 11 heteroatoms. The van der Waals surface area contributed by atoms with Crippen molar-refractivity contribution in [2.45, 2.75) is 83.5 Å². The second-order valence-electron chi connectivity index (χ2n) is 10.2. The van der Waals surface area contributed by atoms with Crippen LogP contribution in [0.3, 0.4) is 0 Å². The number of para-hydroxylation sites is 1. The van der Waals surface area contributed by atoms with Crippen LogP contribution >= 0.6 is 0 Å². The molecule has 0 bridgehead atoms. The van der Waals surface area contributed by atoms with Crippen molar-refractivity contribution in [3.63, 3.8) is 0 Å². The molecular formula is C28H37N5O6. The summed E-state index contributed by atoms with van der Waals surface area (Å²) in [6.45, 7) is 4.84. The van der Waals surface area contributed by atoms with Crippen LogP contribution in [0.1, 0.15) is 58.4 Å². The maximum absolute atomic E-state index is 13.4. The first kappa shape index (κ1) is 29.5. The van der Waals surface area contributed by atoms with Crippen molar-refractivity contribution in [2.24, 2.45) is 5.92 Å². The van der Waals surface area contributed by atoms with E-state index in [0.29, 0.717) is 6.21 Å². The first-order chi connectivity index (χ1) is 18.6.